The quantitative estimate of drug-likeness (QED) is 0.110. The normalized spacial score (nSPS) is 51.5. The summed E-state index contributed by atoms with van der Waals surface area (Å²) in [5.41, 5.74) is 0. The molecule has 5 rings (SSSR count). The van der Waals surface area contributed by atoms with Crippen molar-refractivity contribution in [1.29, 1.82) is 0 Å². The van der Waals surface area contributed by atoms with Crippen LogP contribution < -0.4 is 21.3 Å². The molecule has 5 fully saturated rings. The van der Waals surface area contributed by atoms with Crippen molar-refractivity contribution >= 4 is 12.1 Å². The Labute approximate surface area is 282 Å². The summed E-state index contributed by atoms with van der Waals surface area (Å²) in [6, 6.07) is -1.93. The minimum atomic E-state index is -1.95. The fourth-order valence-electron chi connectivity index (χ4n) is 5.95. The molecule has 50 heavy (non-hydrogen) atoms. The van der Waals surface area contributed by atoms with Gasteiger partial charge in [0.1, 0.15) is 97.7 Å². The van der Waals surface area contributed by atoms with Crippen molar-refractivity contribution in [1.82, 2.24) is 21.3 Å². The Morgan fingerprint density at radius 2 is 0.520 bits per heavy atom. The lowest BCUT2D eigenvalue weighted by Crippen LogP contribution is -2.66. The van der Waals surface area contributed by atoms with Crippen molar-refractivity contribution in [2.24, 2.45) is 0 Å². The van der Waals surface area contributed by atoms with E-state index in [1.165, 1.54) is 0 Å². The number of amides is 4. The van der Waals surface area contributed by atoms with Crippen LogP contribution in [0.25, 0.3) is 0 Å². The van der Waals surface area contributed by atoms with Gasteiger partial charge in [0, 0.05) is 26.2 Å². The lowest BCUT2D eigenvalue weighted by molar-refractivity contribution is -0.372. The fraction of sp³-hybridized carbons (Fsp3) is 0.923. The van der Waals surface area contributed by atoms with E-state index in [1.54, 1.807) is 0 Å². The van der Waals surface area contributed by atoms with Crippen LogP contribution in [-0.4, -0.2) is 222 Å². The topological polar surface area (TPSA) is 380 Å². The van der Waals surface area contributed by atoms with Gasteiger partial charge in [-0.3, -0.25) is 0 Å². The number of fused-ring (bicyclic) bond motifs is 8. The van der Waals surface area contributed by atoms with Crippen molar-refractivity contribution in [2.45, 2.75) is 123 Å². The van der Waals surface area contributed by atoms with E-state index < -0.39 is 161 Å². The molecule has 20 atom stereocenters. The Kier molecular flexibility index (Phi) is 12.7. The Morgan fingerprint density at radius 1 is 0.320 bits per heavy atom. The van der Waals surface area contributed by atoms with Gasteiger partial charge in [-0.25, -0.2) is 9.59 Å². The predicted octanol–water partition coefficient (Wildman–Crippen LogP) is -10.1. The molecule has 5 aliphatic heterocycles. The van der Waals surface area contributed by atoms with Gasteiger partial charge in [-0.15, -0.1) is 0 Å². The highest BCUT2D eigenvalue weighted by atomic mass is 16.8. The molecule has 0 saturated carbocycles. The third kappa shape index (κ3) is 8.22. The van der Waals surface area contributed by atoms with Gasteiger partial charge in [-0.2, -0.15) is 0 Å². The van der Waals surface area contributed by atoms with Crippen LogP contribution >= 0.6 is 0 Å². The molecule has 0 aromatic rings. The molecule has 5 heterocycles. The van der Waals surface area contributed by atoms with Crippen LogP contribution in [0.4, 0.5) is 9.59 Å². The van der Waals surface area contributed by atoms with Crippen LogP contribution in [0.2, 0.25) is 0 Å². The average Bonchev–Trinajstić information content (AvgIpc) is 3.09. The van der Waals surface area contributed by atoms with Crippen molar-refractivity contribution in [3.63, 3.8) is 0 Å². The summed E-state index contributed by atoms with van der Waals surface area (Å²) in [6.45, 7) is -2.16. The molecule has 5 saturated heterocycles. The molecular formula is C26H44N4O20. The summed E-state index contributed by atoms with van der Waals surface area (Å²) in [7, 11) is 0. The van der Waals surface area contributed by atoms with Gasteiger partial charge in [0.05, 0.1) is 0 Å². The molecule has 0 aliphatic carbocycles. The lowest BCUT2D eigenvalue weighted by Gasteiger charge is -2.45. The van der Waals surface area contributed by atoms with E-state index in [0.29, 0.717) is 0 Å². The van der Waals surface area contributed by atoms with E-state index in [0.717, 1.165) is 0 Å². The number of ether oxygens (including phenoxy) is 6. The summed E-state index contributed by atoms with van der Waals surface area (Å²) in [6.07, 6.45) is -35.9. The Morgan fingerprint density at radius 3 is 0.720 bits per heavy atom. The highest BCUT2D eigenvalue weighted by Gasteiger charge is 2.52. The van der Waals surface area contributed by atoms with E-state index in [4.69, 9.17) is 28.4 Å². The van der Waals surface area contributed by atoms with Crippen molar-refractivity contribution < 1.29 is 99.3 Å². The first kappa shape index (κ1) is 39.0. The number of carbonyl (C=O) groups is 2. The van der Waals surface area contributed by atoms with Crippen LogP contribution in [0.1, 0.15) is 0 Å². The summed E-state index contributed by atoms with van der Waals surface area (Å²) in [5, 5.41) is 135. The molecule has 0 radical (unpaired) electrons. The van der Waals surface area contributed by atoms with Gasteiger partial charge >= 0.3 is 12.1 Å². The molecule has 0 aromatic heterocycles. The third-order valence-electron chi connectivity index (χ3n) is 9.07. The number of aliphatic hydroxyl groups is 12. The number of urea groups is 2. The zero-order chi connectivity index (χ0) is 36.6. The molecule has 24 heteroatoms. The van der Waals surface area contributed by atoms with Gasteiger partial charge < -0.3 is 111 Å². The number of carbonyl (C=O) groups excluding carboxylic acids is 2. The maximum Gasteiger partial charge on any atom is 0.314 e. The molecule has 8 bridgehead atoms. The van der Waals surface area contributed by atoms with Crippen LogP contribution in [-0.2, 0) is 28.4 Å². The van der Waals surface area contributed by atoms with E-state index >= 15 is 0 Å². The summed E-state index contributed by atoms with van der Waals surface area (Å²) in [5.74, 6) is 0. The lowest BCUT2D eigenvalue weighted by atomic mass is 9.97. The van der Waals surface area contributed by atoms with Crippen molar-refractivity contribution in [2.75, 3.05) is 26.2 Å². The van der Waals surface area contributed by atoms with E-state index in [1.807, 2.05) is 0 Å². The fourth-order valence-corrected chi connectivity index (χ4v) is 5.95. The minimum Gasteiger partial charge on any atom is -0.388 e. The van der Waals surface area contributed by atoms with Crippen LogP contribution in [0, 0.1) is 0 Å². The van der Waals surface area contributed by atoms with Crippen molar-refractivity contribution in [3.8, 4) is 0 Å². The number of hydrogen-bond donors (Lipinski definition) is 16. The molecule has 0 unspecified atom stereocenters. The first-order valence-electron chi connectivity index (χ1n) is 15.7. The molecule has 16 N–H and O–H groups in total. The zero-order valence-electron chi connectivity index (χ0n) is 26.0. The van der Waals surface area contributed by atoms with E-state index in [2.05, 4.69) is 21.3 Å². The monoisotopic (exact) mass is 732 g/mol. The summed E-state index contributed by atoms with van der Waals surface area (Å²) >= 11 is 0. The molecule has 288 valence electrons. The van der Waals surface area contributed by atoms with E-state index in [-0.39, 0.29) is 0 Å². The maximum absolute atomic E-state index is 12.6. The number of aliphatic hydroxyl groups excluding tert-OH is 12. The van der Waals surface area contributed by atoms with Crippen LogP contribution in [0.3, 0.4) is 0 Å². The van der Waals surface area contributed by atoms with Gasteiger partial charge in [-0.1, -0.05) is 0 Å². The molecule has 0 spiro atoms. The summed E-state index contributed by atoms with van der Waals surface area (Å²) in [4.78, 5) is 25.2. The van der Waals surface area contributed by atoms with E-state index in [9.17, 15) is 70.9 Å². The second-order valence-electron chi connectivity index (χ2n) is 12.5. The molecule has 0 aromatic carbocycles. The largest absolute Gasteiger partial charge is 0.388 e. The second kappa shape index (κ2) is 16.2. The van der Waals surface area contributed by atoms with Gasteiger partial charge in [-0.05, 0) is 0 Å². The zero-order valence-corrected chi connectivity index (χ0v) is 26.0. The minimum absolute atomic E-state index is 0.541. The molecule has 4 amide bonds. The SMILES string of the molecule is O=C1NC[C@H]2O[C@H](O[C@H]3O[C@H](CNC(=O)NC[C@H]4O[C@H](O[C@H]5O[C@H](CN1)[C@@H](O)[C@H](O)[C@H]5O)[C@H](O)[C@@H](O)[C@@H]4O)[C@@H](O)[C@H](O)[C@H]3O)[C@H](O)[C@@H](O)[C@@H]2O. The highest BCUT2D eigenvalue weighted by molar-refractivity contribution is 5.74. The number of nitrogens with one attached hydrogen (secondary N) is 4. The average molecular weight is 733 g/mol. The van der Waals surface area contributed by atoms with Gasteiger partial charge in [0.25, 0.3) is 0 Å². The standard InChI is InChI=1S/C26H44N4O20/c31-9-5-1-27-25(43)28-2-6-10(32)14(36)19(41)23(46-6)50-24-20(42)16(38)12(34)8(48-24)4-30-26(44)29-3-7-11(33)15(37)18(40)22(47-7)49-21(45-5)17(39)13(9)35/h5-24,31-42H,1-4H2,(H2,27,28,43)(H2,29,30,44)/t5-,6-,7-,8-,9-,10-,11-,12-,13+,14+,15+,16+,17-,18-,19-,20-,21-,22-,23-,24-/m1/s1. The number of hydrogen-bond acceptors (Lipinski definition) is 20. The highest BCUT2D eigenvalue weighted by Crippen LogP contribution is 2.30. The summed E-state index contributed by atoms with van der Waals surface area (Å²) < 4.78 is 32.9. The number of rotatable bonds is 0. The second-order valence-corrected chi connectivity index (χ2v) is 12.5. The smallest absolute Gasteiger partial charge is 0.314 e. The van der Waals surface area contributed by atoms with Gasteiger partial charge in [0.15, 0.2) is 25.2 Å². The van der Waals surface area contributed by atoms with Gasteiger partial charge in [0.2, 0.25) is 0 Å². The first-order valence-corrected chi connectivity index (χ1v) is 15.7. The van der Waals surface area contributed by atoms with Crippen LogP contribution in [0.5, 0.6) is 0 Å². The van der Waals surface area contributed by atoms with Crippen molar-refractivity contribution in [3.05, 3.63) is 0 Å². The molecular weight excluding hydrogens is 688 g/mol. The van der Waals surface area contributed by atoms with Crippen LogP contribution in [0.15, 0.2) is 0 Å². The maximum atomic E-state index is 12.6. The Hall–Kier alpha value is -2.18. The third-order valence-corrected chi connectivity index (χ3v) is 9.07. The molecule has 24 nitrogen and oxygen atoms in total. The first-order chi connectivity index (χ1) is 23.6. The Bertz CT molecular complexity index is 997. The Balaban J connectivity index is 1.36. The predicted molar refractivity (Wildman–Crippen MR) is 152 cm³/mol. The molecule has 5 aliphatic rings.